The van der Waals surface area contributed by atoms with Crippen molar-refractivity contribution >= 4 is 82.8 Å². The number of hydrogen-bond donors (Lipinski definition) is 0. The first-order valence-corrected chi connectivity index (χ1v) is 7.71. The molecule has 18 heavy (non-hydrogen) atoms. The van der Waals surface area contributed by atoms with E-state index in [-0.39, 0.29) is 22.3 Å². The summed E-state index contributed by atoms with van der Waals surface area (Å²) in [6.45, 7) is 0. The molecular formula is C10H2O4Se4-4. The summed E-state index contributed by atoms with van der Waals surface area (Å²) >= 11 is 8.99. The predicted octanol–water partition coefficient (Wildman–Crippen LogP) is -1.08. The Bertz CT molecular complexity index is 481. The van der Waals surface area contributed by atoms with Crippen LogP contribution in [0.4, 0.5) is 0 Å². The van der Waals surface area contributed by atoms with Crippen LogP contribution >= 0.6 is 0 Å². The van der Waals surface area contributed by atoms with Crippen LogP contribution in [0, 0.1) is 0 Å². The van der Waals surface area contributed by atoms with Crippen LogP contribution < -0.4 is 0 Å². The molecule has 0 N–H and O–H groups in total. The summed E-state index contributed by atoms with van der Waals surface area (Å²) in [5.41, 5.74) is 0.231. The Hall–Kier alpha value is -0.0221. The summed E-state index contributed by atoms with van der Waals surface area (Å²) in [5, 5.41) is 0. The normalized spacial score (nSPS) is 9.78. The van der Waals surface area contributed by atoms with E-state index in [0.717, 1.165) is 0 Å². The fourth-order valence-electron chi connectivity index (χ4n) is 1.28. The molecule has 0 amide bonds. The van der Waals surface area contributed by atoms with Crippen molar-refractivity contribution in [3.63, 3.8) is 0 Å². The zero-order valence-electron chi connectivity index (χ0n) is 8.42. The van der Waals surface area contributed by atoms with E-state index in [1.807, 2.05) is 0 Å². The van der Waals surface area contributed by atoms with Crippen molar-refractivity contribution in [2.45, 2.75) is 0 Å². The fourth-order valence-corrected chi connectivity index (χ4v) is 2.69. The number of carbonyl (C=O) groups excluding carboxylic acids is 4. The topological polar surface area (TPSA) is 68.3 Å². The van der Waals surface area contributed by atoms with E-state index in [1.54, 1.807) is 0 Å². The summed E-state index contributed by atoms with van der Waals surface area (Å²) in [6.07, 6.45) is 0. The van der Waals surface area contributed by atoms with Gasteiger partial charge in [0.25, 0.3) is 0 Å². The van der Waals surface area contributed by atoms with Gasteiger partial charge in [0.1, 0.15) is 0 Å². The predicted molar refractivity (Wildman–Crippen MR) is 66.8 cm³/mol. The van der Waals surface area contributed by atoms with Crippen LogP contribution in [0.1, 0.15) is 41.4 Å². The van der Waals surface area contributed by atoms with Crippen molar-refractivity contribution in [2.75, 3.05) is 0 Å². The van der Waals surface area contributed by atoms with E-state index in [4.69, 9.17) is 0 Å². The molecule has 0 saturated carbocycles. The monoisotopic (exact) mass is 506 g/mol. The third-order valence-corrected chi connectivity index (χ3v) is 3.88. The minimum atomic E-state index is -0.477. The maximum atomic E-state index is 11.4. The standard InChI is InChI=1S/C10H6O4Se4/c11-7(15)3-1-4(8(12)16)6(10(14)18)2-5(3)9(13)17/h1-2H,(H,11,15)(H,12,16)(H,13,17)(H,14,18)/p-4. The van der Waals surface area contributed by atoms with E-state index in [9.17, 15) is 19.2 Å². The molecule has 0 aliphatic carbocycles. The molecule has 4 nitrogen and oxygen atoms in total. The Balaban J connectivity index is 3.71. The Morgan fingerprint density at radius 1 is 0.556 bits per heavy atom. The van der Waals surface area contributed by atoms with Crippen molar-refractivity contribution in [3.05, 3.63) is 34.4 Å². The Kier molecular flexibility index (Phi) is 5.72. The zero-order valence-corrected chi connectivity index (χ0v) is 15.3. The van der Waals surface area contributed by atoms with Crippen molar-refractivity contribution in [1.82, 2.24) is 0 Å². The Morgan fingerprint density at radius 2 is 0.722 bits per heavy atom. The molecule has 0 aliphatic rings. The molecule has 1 aromatic carbocycles. The van der Waals surface area contributed by atoms with Gasteiger partial charge in [0, 0.05) is 0 Å². The zero-order chi connectivity index (χ0) is 14.0. The molecule has 0 aliphatic heterocycles. The SMILES string of the molecule is O=C([Se-])c1cc(C(=O)[Se-])c(C(=O)[Se-])cc1C(=O)[Se-]. The maximum absolute atomic E-state index is 11.4. The molecule has 0 atom stereocenters. The summed E-state index contributed by atoms with van der Waals surface area (Å²) in [6, 6.07) is 2.46. The third kappa shape index (κ3) is 3.51. The van der Waals surface area contributed by atoms with Gasteiger partial charge < -0.3 is 0 Å². The average Bonchev–Trinajstić information content (AvgIpc) is 2.26. The molecule has 0 heterocycles. The van der Waals surface area contributed by atoms with E-state index in [1.165, 1.54) is 12.1 Å². The number of benzene rings is 1. The summed E-state index contributed by atoms with van der Waals surface area (Å²) in [7, 11) is 0. The second-order valence-corrected chi connectivity index (χ2v) is 6.20. The van der Waals surface area contributed by atoms with Crippen LogP contribution in [0.2, 0.25) is 0 Å². The molecule has 8 heteroatoms. The van der Waals surface area contributed by atoms with Gasteiger partial charge in [0.15, 0.2) is 0 Å². The first-order chi connectivity index (χ1) is 8.25. The number of carbonyl (C=O) groups is 4. The molecule has 94 valence electrons. The van der Waals surface area contributed by atoms with Crippen molar-refractivity contribution in [1.29, 1.82) is 0 Å². The van der Waals surface area contributed by atoms with Crippen LogP contribution in [0.25, 0.3) is 0 Å². The van der Waals surface area contributed by atoms with Crippen LogP contribution in [0.5, 0.6) is 0 Å². The molecule has 1 aromatic rings. The van der Waals surface area contributed by atoms with Crippen LogP contribution in [0.15, 0.2) is 12.1 Å². The van der Waals surface area contributed by atoms with Crippen molar-refractivity contribution < 1.29 is 19.2 Å². The Labute approximate surface area is 135 Å². The van der Waals surface area contributed by atoms with Gasteiger partial charge in [0.2, 0.25) is 0 Å². The van der Waals surface area contributed by atoms with E-state index >= 15 is 0 Å². The van der Waals surface area contributed by atoms with E-state index in [2.05, 4.69) is 64.1 Å². The first-order valence-electron chi connectivity index (χ1n) is 4.29. The van der Waals surface area contributed by atoms with E-state index in [0.29, 0.717) is 0 Å². The molecule has 0 unspecified atom stereocenters. The van der Waals surface area contributed by atoms with E-state index < -0.39 is 18.7 Å². The second kappa shape index (κ2) is 6.42. The molecule has 0 aromatic heterocycles. The van der Waals surface area contributed by atoms with Gasteiger partial charge in [-0.15, -0.1) is 0 Å². The van der Waals surface area contributed by atoms with Gasteiger partial charge in [-0.25, -0.2) is 0 Å². The Morgan fingerprint density at radius 3 is 0.833 bits per heavy atom. The van der Waals surface area contributed by atoms with Gasteiger partial charge >= 0.3 is 136 Å². The second-order valence-electron chi connectivity index (χ2n) is 3.09. The molecule has 0 saturated heterocycles. The molecule has 0 spiro atoms. The average molecular weight is 502 g/mol. The van der Waals surface area contributed by atoms with Gasteiger partial charge in [0.05, 0.1) is 0 Å². The molecular weight excluding hydrogens is 500 g/mol. The van der Waals surface area contributed by atoms with Crippen molar-refractivity contribution in [2.24, 2.45) is 0 Å². The van der Waals surface area contributed by atoms with Gasteiger partial charge in [-0.2, -0.15) is 0 Å². The molecule has 1 rings (SSSR count). The fraction of sp³-hybridized carbons (Fsp3) is 0. The van der Waals surface area contributed by atoms with Gasteiger partial charge in [-0.05, 0) is 0 Å². The van der Waals surface area contributed by atoms with Crippen LogP contribution in [0.3, 0.4) is 0 Å². The van der Waals surface area contributed by atoms with Gasteiger partial charge in [-0.1, -0.05) is 0 Å². The van der Waals surface area contributed by atoms with Crippen LogP contribution in [-0.2, 0) is 0 Å². The summed E-state index contributed by atoms with van der Waals surface area (Å²) < 4.78 is -1.91. The van der Waals surface area contributed by atoms with Crippen LogP contribution in [-0.4, -0.2) is 82.8 Å². The molecule has 0 bridgehead atoms. The van der Waals surface area contributed by atoms with Gasteiger partial charge in [-0.3, -0.25) is 0 Å². The first kappa shape index (κ1) is 16.0. The quantitative estimate of drug-likeness (QED) is 0.492. The molecule has 0 radical (unpaired) electrons. The van der Waals surface area contributed by atoms with Crippen molar-refractivity contribution in [3.8, 4) is 0 Å². The minimum absolute atomic E-state index is 0.0577. The summed E-state index contributed by atoms with van der Waals surface area (Å²) in [4.78, 5) is 45.6. The molecule has 0 fully saturated rings. The summed E-state index contributed by atoms with van der Waals surface area (Å²) in [5.74, 6) is 0. The number of rotatable bonds is 4. The third-order valence-electron chi connectivity index (χ3n) is 2.04. The number of hydrogen-bond acceptors (Lipinski definition) is 4.